The van der Waals surface area contributed by atoms with Crippen LogP contribution >= 0.6 is 12.4 Å². The highest BCUT2D eigenvalue weighted by Crippen LogP contribution is 2.13. The van der Waals surface area contributed by atoms with Crippen LogP contribution in [0.3, 0.4) is 0 Å². The number of nitrogens with zero attached hydrogens (tertiary/aromatic N) is 3. The summed E-state index contributed by atoms with van der Waals surface area (Å²) in [6.45, 7) is 2.15. The summed E-state index contributed by atoms with van der Waals surface area (Å²) >= 11 is 0. The summed E-state index contributed by atoms with van der Waals surface area (Å²) in [6, 6.07) is 3.07. The average Bonchev–Trinajstić information content (AvgIpc) is 2.95. The Bertz CT molecular complexity index is 561. The van der Waals surface area contributed by atoms with Crippen molar-refractivity contribution < 1.29 is 9.32 Å². The lowest BCUT2D eigenvalue weighted by molar-refractivity contribution is -0.122. The van der Waals surface area contributed by atoms with Crippen LogP contribution in [0.4, 0.5) is 0 Å². The summed E-state index contributed by atoms with van der Waals surface area (Å²) in [5, 5.41) is 6.52. The number of carbonyl (C=O) groups excluding carboxylic acids is 1. The fourth-order valence-electron chi connectivity index (χ4n) is 1.68. The van der Waals surface area contributed by atoms with Gasteiger partial charge in [-0.25, -0.2) is 0 Å². The standard InChI is InChI=1S/C13H17N5O2.ClH/c1-2-3-10(14)13(19)16-8-11-17-12(18-20-11)9-4-6-15-7-5-9;/h4-7,10H,2-3,8,14H2,1H3,(H,16,19);1H. The van der Waals surface area contributed by atoms with Gasteiger partial charge in [0.15, 0.2) is 0 Å². The van der Waals surface area contributed by atoms with E-state index in [2.05, 4.69) is 20.4 Å². The Hall–Kier alpha value is -1.99. The van der Waals surface area contributed by atoms with E-state index in [0.717, 1.165) is 12.0 Å². The van der Waals surface area contributed by atoms with E-state index in [1.54, 1.807) is 24.5 Å². The van der Waals surface area contributed by atoms with Crippen LogP contribution in [-0.4, -0.2) is 27.1 Å². The molecule has 3 N–H and O–H groups in total. The van der Waals surface area contributed by atoms with Crippen molar-refractivity contribution in [2.45, 2.75) is 32.4 Å². The van der Waals surface area contributed by atoms with Crippen molar-refractivity contribution in [2.75, 3.05) is 0 Å². The lowest BCUT2D eigenvalue weighted by Crippen LogP contribution is -2.40. The SMILES string of the molecule is CCCC(N)C(=O)NCc1nc(-c2ccncc2)no1.Cl. The summed E-state index contributed by atoms with van der Waals surface area (Å²) in [7, 11) is 0. The molecule has 0 saturated carbocycles. The number of amides is 1. The first-order valence-corrected chi connectivity index (χ1v) is 6.47. The number of rotatable bonds is 6. The highest BCUT2D eigenvalue weighted by molar-refractivity contribution is 5.85. The number of aromatic nitrogens is 3. The third-order valence-electron chi connectivity index (χ3n) is 2.76. The number of hydrogen-bond donors (Lipinski definition) is 2. The molecule has 2 aromatic heterocycles. The third kappa shape index (κ3) is 4.80. The van der Waals surface area contributed by atoms with Crippen LogP contribution in [-0.2, 0) is 11.3 Å². The van der Waals surface area contributed by atoms with Gasteiger partial charge in [0.25, 0.3) is 0 Å². The van der Waals surface area contributed by atoms with Gasteiger partial charge in [-0.3, -0.25) is 9.78 Å². The molecule has 0 aliphatic rings. The molecule has 0 aromatic carbocycles. The molecule has 0 saturated heterocycles. The molecule has 0 bridgehead atoms. The fraction of sp³-hybridized carbons (Fsp3) is 0.385. The van der Waals surface area contributed by atoms with Gasteiger partial charge < -0.3 is 15.6 Å². The van der Waals surface area contributed by atoms with Gasteiger partial charge in [0.1, 0.15) is 0 Å². The smallest absolute Gasteiger partial charge is 0.246 e. The van der Waals surface area contributed by atoms with E-state index in [4.69, 9.17) is 10.3 Å². The number of carbonyl (C=O) groups is 1. The maximum absolute atomic E-state index is 11.6. The van der Waals surface area contributed by atoms with Gasteiger partial charge in [-0.2, -0.15) is 4.98 Å². The van der Waals surface area contributed by atoms with Crippen LogP contribution in [0.1, 0.15) is 25.7 Å². The Balaban J connectivity index is 0.00000220. The normalized spacial score (nSPS) is 11.5. The highest BCUT2D eigenvalue weighted by Gasteiger charge is 2.14. The average molecular weight is 312 g/mol. The molecule has 0 aliphatic heterocycles. The maximum Gasteiger partial charge on any atom is 0.246 e. The van der Waals surface area contributed by atoms with Gasteiger partial charge in [0.2, 0.25) is 17.6 Å². The van der Waals surface area contributed by atoms with Gasteiger partial charge in [-0.15, -0.1) is 12.4 Å². The molecule has 0 spiro atoms. The van der Waals surface area contributed by atoms with E-state index in [1.165, 1.54) is 0 Å². The van der Waals surface area contributed by atoms with Gasteiger partial charge in [-0.1, -0.05) is 18.5 Å². The minimum atomic E-state index is -0.498. The van der Waals surface area contributed by atoms with Crippen molar-refractivity contribution in [2.24, 2.45) is 5.73 Å². The van der Waals surface area contributed by atoms with Crippen LogP contribution in [0.25, 0.3) is 11.4 Å². The molecule has 0 aliphatic carbocycles. The van der Waals surface area contributed by atoms with Crippen molar-refractivity contribution in [1.29, 1.82) is 0 Å². The molecule has 0 fully saturated rings. The quantitative estimate of drug-likeness (QED) is 0.832. The number of halogens is 1. The van der Waals surface area contributed by atoms with Crippen LogP contribution in [0.5, 0.6) is 0 Å². The predicted molar refractivity (Wildman–Crippen MR) is 79.5 cm³/mol. The molecular weight excluding hydrogens is 294 g/mol. The topological polar surface area (TPSA) is 107 Å². The first kappa shape index (κ1) is 17.1. The zero-order valence-corrected chi connectivity index (χ0v) is 12.5. The monoisotopic (exact) mass is 311 g/mol. The molecule has 7 nitrogen and oxygen atoms in total. The largest absolute Gasteiger partial charge is 0.346 e. The molecule has 8 heteroatoms. The Morgan fingerprint density at radius 3 is 2.81 bits per heavy atom. The van der Waals surface area contributed by atoms with Gasteiger partial charge in [0, 0.05) is 18.0 Å². The third-order valence-corrected chi connectivity index (χ3v) is 2.76. The second-order valence-corrected chi connectivity index (χ2v) is 4.36. The second-order valence-electron chi connectivity index (χ2n) is 4.36. The molecule has 0 radical (unpaired) electrons. The van der Waals surface area contributed by atoms with E-state index < -0.39 is 6.04 Å². The van der Waals surface area contributed by atoms with E-state index in [0.29, 0.717) is 18.1 Å². The van der Waals surface area contributed by atoms with Crippen molar-refractivity contribution in [3.63, 3.8) is 0 Å². The Morgan fingerprint density at radius 1 is 1.43 bits per heavy atom. The number of nitrogens with two attached hydrogens (primary N) is 1. The number of pyridine rings is 1. The molecule has 1 atom stereocenters. The minimum Gasteiger partial charge on any atom is -0.346 e. The maximum atomic E-state index is 11.6. The Morgan fingerprint density at radius 2 is 2.14 bits per heavy atom. The van der Waals surface area contributed by atoms with Crippen LogP contribution in [0.2, 0.25) is 0 Å². The fourth-order valence-corrected chi connectivity index (χ4v) is 1.68. The van der Waals surface area contributed by atoms with E-state index in [-0.39, 0.29) is 24.9 Å². The Labute approximate surface area is 128 Å². The van der Waals surface area contributed by atoms with Crippen LogP contribution in [0.15, 0.2) is 29.0 Å². The van der Waals surface area contributed by atoms with Crippen molar-refractivity contribution in [3.8, 4) is 11.4 Å². The summed E-state index contributed by atoms with van der Waals surface area (Å²) in [4.78, 5) is 19.8. The van der Waals surface area contributed by atoms with Gasteiger partial charge in [0.05, 0.1) is 12.6 Å². The molecule has 1 amide bonds. The molecule has 21 heavy (non-hydrogen) atoms. The minimum absolute atomic E-state index is 0. The zero-order chi connectivity index (χ0) is 14.4. The van der Waals surface area contributed by atoms with Crippen molar-refractivity contribution in [3.05, 3.63) is 30.4 Å². The molecule has 2 rings (SSSR count). The molecule has 114 valence electrons. The first-order chi connectivity index (χ1) is 9.70. The van der Waals surface area contributed by atoms with Crippen molar-refractivity contribution >= 4 is 18.3 Å². The summed E-state index contributed by atoms with van der Waals surface area (Å²) in [6.07, 6.45) is 4.81. The van der Waals surface area contributed by atoms with Crippen molar-refractivity contribution in [1.82, 2.24) is 20.4 Å². The second kappa shape index (κ2) is 8.33. The van der Waals surface area contributed by atoms with E-state index >= 15 is 0 Å². The summed E-state index contributed by atoms with van der Waals surface area (Å²) < 4.78 is 5.07. The van der Waals surface area contributed by atoms with Gasteiger partial charge in [-0.05, 0) is 18.6 Å². The van der Waals surface area contributed by atoms with Gasteiger partial charge >= 0.3 is 0 Å². The molecule has 1 unspecified atom stereocenters. The van der Waals surface area contributed by atoms with E-state index in [1.807, 2.05) is 6.92 Å². The van der Waals surface area contributed by atoms with Crippen LogP contribution in [0, 0.1) is 0 Å². The molecule has 2 heterocycles. The zero-order valence-electron chi connectivity index (χ0n) is 11.7. The summed E-state index contributed by atoms with van der Waals surface area (Å²) in [5.41, 5.74) is 6.51. The molecular formula is C13H18ClN5O2. The summed E-state index contributed by atoms with van der Waals surface area (Å²) in [5.74, 6) is 0.596. The highest BCUT2D eigenvalue weighted by atomic mass is 35.5. The predicted octanol–water partition coefficient (Wildman–Crippen LogP) is 1.30. The number of nitrogens with one attached hydrogen (secondary N) is 1. The van der Waals surface area contributed by atoms with Crippen LogP contribution < -0.4 is 11.1 Å². The lowest BCUT2D eigenvalue weighted by Gasteiger charge is -2.09. The van der Waals surface area contributed by atoms with E-state index in [9.17, 15) is 4.79 Å². The number of hydrogen-bond acceptors (Lipinski definition) is 6. The first-order valence-electron chi connectivity index (χ1n) is 6.47. The molecule has 2 aromatic rings. The Kier molecular flexibility index (Phi) is 6.77. The lowest BCUT2D eigenvalue weighted by atomic mass is 10.2.